The van der Waals surface area contributed by atoms with Crippen LogP contribution in [0, 0.1) is 6.92 Å². The lowest BCUT2D eigenvalue weighted by Crippen LogP contribution is -2.19. The minimum atomic E-state index is -2.49. The highest BCUT2D eigenvalue weighted by Crippen LogP contribution is 2.20. The van der Waals surface area contributed by atoms with E-state index in [-0.39, 0.29) is 12.4 Å². The SMILES string of the molecule is Cc1ccccc1[C@H](N)C(F)F.Cl. The Morgan fingerprint density at radius 2 is 1.77 bits per heavy atom. The smallest absolute Gasteiger partial charge is 0.257 e. The molecule has 0 aliphatic rings. The van der Waals surface area contributed by atoms with Crippen molar-refractivity contribution in [1.82, 2.24) is 0 Å². The Morgan fingerprint density at radius 1 is 1.23 bits per heavy atom. The maximum Gasteiger partial charge on any atom is 0.257 e. The third-order valence-corrected chi connectivity index (χ3v) is 1.82. The van der Waals surface area contributed by atoms with Gasteiger partial charge in [0, 0.05) is 0 Å². The maximum atomic E-state index is 12.2. The Balaban J connectivity index is 0.00000144. The lowest BCUT2D eigenvalue weighted by molar-refractivity contribution is 0.116. The van der Waals surface area contributed by atoms with Crippen LogP contribution in [0.5, 0.6) is 0 Å². The summed E-state index contributed by atoms with van der Waals surface area (Å²) >= 11 is 0. The largest absolute Gasteiger partial charge is 0.319 e. The van der Waals surface area contributed by atoms with Crippen molar-refractivity contribution in [1.29, 1.82) is 0 Å². The van der Waals surface area contributed by atoms with Gasteiger partial charge in [0.2, 0.25) is 0 Å². The van der Waals surface area contributed by atoms with E-state index in [1.807, 2.05) is 0 Å². The second-order valence-electron chi connectivity index (χ2n) is 2.72. The van der Waals surface area contributed by atoms with Crippen molar-refractivity contribution in [3.05, 3.63) is 35.4 Å². The number of nitrogens with two attached hydrogens (primary N) is 1. The summed E-state index contributed by atoms with van der Waals surface area (Å²) in [7, 11) is 0. The van der Waals surface area contributed by atoms with Crippen LogP contribution in [0.1, 0.15) is 17.2 Å². The van der Waals surface area contributed by atoms with E-state index in [0.717, 1.165) is 5.56 Å². The second kappa shape index (κ2) is 5.14. The fourth-order valence-corrected chi connectivity index (χ4v) is 1.10. The standard InChI is InChI=1S/C9H11F2N.ClH/c1-6-4-2-3-5-7(6)8(12)9(10)11;/h2-5,8-9H,12H2,1H3;1H/t8-;/m0./s1. The molecule has 1 nitrogen and oxygen atoms in total. The van der Waals surface area contributed by atoms with Gasteiger partial charge < -0.3 is 5.73 Å². The molecule has 0 radical (unpaired) electrons. The van der Waals surface area contributed by atoms with Crippen LogP contribution in [0.3, 0.4) is 0 Å². The first kappa shape index (κ1) is 12.3. The highest BCUT2D eigenvalue weighted by molar-refractivity contribution is 5.85. The molecule has 1 aromatic carbocycles. The molecule has 1 rings (SSSR count). The van der Waals surface area contributed by atoms with Gasteiger partial charge in [0.05, 0.1) is 6.04 Å². The first-order valence-electron chi connectivity index (χ1n) is 3.72. The molecular formula is C9H12ClF2N. The molecule has 0 aliphatic heterocycles. The van der Waals surface area contributed by atoms with Crippen molar-refractivity contribution in [2.75, 3.05) is 0 Å². The van der Waals surface area contributed by atoms with Gasteiger partial charge >= 0.3 is 0 Å². The summed E-state index contributed by atoms with van der Waals surface area (Å²) < 4.78 is 24.3. The molecule has 0 heterocycles. The van der Waals surface area contributed by atoms with Crippen molar-refractivity contribution < 1.29 is 8.78 Å². The fraction of sp³-hybridized carbons (Fsp3) is 0.333. The average Bonchev–Trinajstić information content (AvgIpc) is 2.04. The molecule has 0 saturated carbocycles. The van der Waals surface area contributed by atoms with E-state index >= 15 is 0 Å². The third-order valence-electron chi connectivity index (χ3n) is 1.82. The average molecular weight is 208 g/mol. The molecule has 4 heteroatoms. The van der Waals surface area contributed by atoms with Crippen LogP contribution < -0.4 is 5.73 Å². The van der Waals surface area contributed by atoms with Gasteiger partial charge in [0.25, 0.3) is 6.43 Å². The molecule has 0 unspecified atom stereocenters. The van der Waals surface area contributed by atoms with Crippen LogP contribution in [0.4, 0.5) is 8.78 Å². The van der Waals surface area contributed by atoms with E-state index in [1.54, 1.807) is 31.2 Å². The first-order valence-corrected chi connectivity index (χ1v) is 3.72. The maximum absolute atomic E-state index is 12.2. The van der Waals surface area contributed by atoms with Gasteiger partial charge in [-0.2, -0.15) is 0 Å². The van der Waals surface area contributed by atoms with E-state index in [2.05, 4.69) is 0 Å². The molecule has 0 bridgehead atoms. The van der Waals surface area contributed by atoms with E-state index in [1.165, 1.54) is 0 Å². The number of hydrogen-bond acceptors (Lipinski definition) is 1. The Kier molecular flexibility index (Phi) is 4.88. The summed E-state index contributed by atoms with van der Waals surface area (Å²) in [6.45, 7) is 1.78. The summed E-state index contributed by atoms with van der Waals surface area (Å²) in [5, 5.41) is 0. The van der Waals surface area contributed by atoms with E-state index in [4.69, 9.17) is 5.73 Å². The predicted octanol–water partition coefficient (Wildman–Crippen LogP) is 2.68. The molecule has 74 valence electrons. The highest BCUT2D eigenvalue weighted by Gasteiger charge is 2.18. The first-order chi connectivity index (χ1) is 5.63. The predicted molar refractivity (Wildman–Crippen MR) is 51.4 cm³/mol. The minimum Gasteiger partial charge on any atom is -0.319 e. The molecule has 0 aromatic heterocycles. The van der Waals surface area contributed by atoms with Crippen molar-refractivity contribution >= 4 is 12.4 Å². The van der Waals surface area contributed by atoms with E-state index in [0.29, 0.717) is 5.56 Å². The summed E-state index contributed by atoms with van der Waals surface area (Å²) in [6.07, 6.45) is -2.49. The summed E-state index contributed by atoms with van der Waals surface area (Å²) in [6, 6.07) is 5.76. The zero-order valence-electron chi connectivity index (χ0n) is 7.21. The number of halogens is 3. The molecule has 1 aromatic rings. The van der Waals surface area contributed by atoms with Gasteiger partial charge in [-0.1, -0.05) is 24.3 Å². The Morgan fingerprint density at radius 3 is 2.23 bits per heavy atom. The Bertz CT molecular complexity index is 266. The monoisotopic (exact) mass is 207 g/mol. The molecule has 0 spiro atoms. The van der Waals surface area contributed by atoms with Crippen molar-refractivity contribution in [3.8, 4) is 0 Å². The van der Waals surface area contributed by atoms with Gasteiger partial charge in [-0.15, -0.1) is 12.4 Å². The second-order valence-corrected chi connectivity index (χ2v) is 2.72. The van der Waals surface area contributed by atoms with Gasteiger partial charge in [-0.05, 0) is 18.1 Å². The highest BCUT2D eigenvalue weighted by atomic mass is 35.5. The van der Waals surface area contributed by atoms with Crippen LogP contribution in [-0.4, -0.2) is 6.43 Å². The molecule has 2 N–H and O–H groups in total. The number of hydrogen-bond donors (Lipinski definition) is 1. The van der Waals surface area contributed by atoms with Gasteiger partial charge in [-0.25, -0.2) is 8.78 Å². The molecule has 0 saturated heterocycles. The van der Waals surface area contributed by atoms with Crippen LogP contribution in [0.15, 0.2) is 24.3 Å². The quantitative estimate of drug-likeness (QED) is 0.793. The molecule has 1 atom stereocenters. The van der Waals surface area contributed by atoms with Gasteiger partial charge in [-0.3, -0.25) is 0 Å². The lowest BCUT2D eigenvalue weighted by atomic mass is 10.0. The molecule has 0 amide bonds. The Labute approximate surface area is 82.4 Å². The van der Waals surface area contributed by atoms with E-state index in [9.17, 15) is 8.78 Å². The zero-order valence-corrected chi connectivity index (χ0v) is 8.02. The number of aryl methyl sites for hydroxylation is 1. The van der Waals surface area contributed by atoms with Crippen LogP contribution in [0.25, 0.3) is 0 Å². The van der Waals surface area contributed by atoms with Crippen molar-refractivity contribution in [3.63, 3.8) is 0 Å². The molecule has 0 aliphatic carbocycles. The molecule has 13 heavy (non-hydrogen) atoms. The topological polar surface area (TPSA) is 26.0 Å². The third kappa shape index (κ3) is 2.94. The summed E-state index contributed by atoms with van der Waals surface area (Å²) in [4.78, 5) is 0. The summed E-state index contributed by atoms with van der Waals surface area (Å²) in [5.41, 5.74) is 6.62. The lowest BCUT2D eigenvalue weighted by Gasteiger charge is -2.12. The van der Waals surface area contributed by atoms with Crippen LogP contribution >= 0.6 is 12.4 Å². The van der Waals surface area contributed by atoms with Gasteiger partial charge in [0.15, 0.2) is 0 Å². The number of rotatable bonds is 2. The Hall–Kier alpha value is -0.670. The minimum absolute atomic E-state index is 0. The normalized spacial score (nSPS) is 12.4. The zero-order chi connectivity index (χ0) is 9.14. The van der Waals surface area contributed by atoms with Crippen molar-refractivity contribution in [2.24, 2.45) is 5.73 Å². The summed E-state index contributed by atoms with van der Waals surface area (Å²) in [5.74, 6) is 0. The van der Waals surface area contributed by atoms with Gasteiger partial charge in [0.1, 0.15) is 0 Å². The van der Waals surface area contributed by atoms with Crippen LogP contribution in [-0.2, 0) is 0 Å². The molecule has 0 fully saturated rings. The fourth-order valence-electron chi connectivity index (χ4n) is 1.10. The van der Waals surface area contributed by atoms with Crippen LogP contribution in [0.2, 0.25) is 0 Å². The molecular weight excluding hydrogens is 196 g/mol. The number of alkyl halides is 2. The van der Waals surface area contributed by atoms with Crippen molar-refractivity contribution in [2.45, 2.75) is 19.4 Å². The van der Waals surface area contributed by atoms with E-state index < -0.39 is 12.5 Å². The number of benzene rings is 1.